The van der Waals surface area contributed by atoms with E-state index >= 15 is 0 Å². The monoisotopic (exact) mass is 542 g/mol. The van der Waals surface area contributed by atoms with E-state index in [0.29, 0.717) is 0 Å². The van der Waals surface area contributed by atoms with Crippen molar-refractivity contribution in [1.82, 2.24) is 0 Å². The summed E-state index contributed by atoms with van der Waals surface area (Å²) in [7, 11) is 0. The minimum absolute atomic E-state index is 0.287. The van der Waals surface area contributed by atoms with Crippen molar-refractivity contribution in [3.05, 3.63) is 130 Å². The molecule has 0 nitrogen and oxygen atoms in total. The highest BCUT2D eigenvalue weighted by molar-refractivity contribution is 5.86. The Balaban J connectivity index is 1.43. The Morgan fingerprint density at radius 3 is 1.17 bits per heavy atom. The molecule has 41 heavy (non-hydrogen) atoms. The highest BCUT2D eigenvalue weighted by Gasteiger charge is 2.45. The summed E-state index contributed by atoms with van der Waals surface area (Å²) in [5.41, 5.74) is 11.0. The second kappa shape index (κ2) is 14.7. The lowest BCUT2D eigenvalue weighted by Gasteiger charge is -2.34. The van der Waals surface area contributed by atoms with Gasteiger partial charge in [0.25, 0.3) is 0 Å². The molecule has 5 rings (SSSR count). The Bertz CT molecular complexity index is 1230. The molecule has 4 aromatic rings. The number of unbranched alkanes of at least 4 members (excludes halogenated alkanes) is 10. The predicted octanol–water partition coefficient (Wildman–Crippen LogP) is 11.9. The molecule has 0 saturated heterocycles. The van der Waals surface area contributed by atoms with E-state index in [2.05, 4.69) is 111 Å². The largest absolute Gasteiger partial charge is 0.0713 e. The molecule has 1 aliphatic rings. The smallest absolute Gasteiger partial charge is 0.0654 e. The van der Waals surface area contributed by atoms with Gasteiger partial charge in [-0.25, -0.2) is 0 Å². The molecule has 0 heteroatoms. The average molecular weight is 543 g/mol. The fourth-order valence-electron chi connectivity index (χ4n) is 7.09. The van der Waals surface area contributed by atoms with E-state index in [1.165, 1.54) is 134 Å². The molecule has 1 aliphatic carbocycles. The fraction of sp³-hybridized carbons (Fsp3) is 0.415. The molecule has 0 aliphatic heterocycles. The molecule has 0 aromatic heterocycles. The molecule has 0 spiro atoms. The van der Waals surface area contributed by atoms with Gasteiger partial charge in [-0.1, -0.05) is 175 Å². The van der Waals surface area contributed by atoms with Crippen LogP contribution in [-0.4, -0.2) is 0 Å². The van der Waals surface area contributed by atoms with Crippen molar-refractivity contribution in [1.29, 1.82) is 0 Å². The van der Waals surface area contributed by atoms with Crippen LogP contribution in [-0.2, 0) is 18.3 Å². The van der Waals surface area contributed by atoms with Crippen LogP contribution in [0, 0.1) is 0 Å². The van der Waals surface area contributed by atoms with Crippen LogP contribution in [0.1, 0.15) is 124 Å². The Morgan fingerprint density at radius 2 is 0.756 bits per heavy atom. The maximum Gasteiger partial charge on any atom is 0.0713 e. The highest BCUT2D eigenvalue weighted by Crippen LogP contribution is 2.55. The predicted molar refractivity (Wildman–Crippen MR) is 178 cm³/mol. The van der Waals surface area contributed by atoms with Crippen molar-refractivity contribution < 1.29 is 0 Å². The maximum absolute atomic E-state index is 2.43. The van der Waals surface area contributed by atoms with Gasteiger partial charge in [-0.3, -0.25) is 0 Å². The van der Waals surface area contributed by atoms with Gasteiger partial charge in [0, 0.05) is 0 Å². The standard InChI is InChI=1S/C41H50/c1-3-5-7-9-11-13-19-33-25-29-35(30-26-33)41(36-31-27-34(28-32-36)20-14-12-10-8-6-4-2)39-23-17-15-21-37(39)38-22-16-18-24-40(38)41/h15-18,21-32H,3-14,19-20H2,1-2H3. The van der Waals surface area contributed by atoms with Crippen LogP contribution in [0.3, 0.4) is 0 Å². The van der Waals surface area contributed by atoms with Gasteiger partial charge in [0.05, 0.1) is 5.41 Å². The molecule has 0 amide bonds. The molecule has 0 atom stereocenters. The van der Waals surface area contributed by atoms with Crippen molar-refractivity contribution in [2.24, 2.45) is 0 Å². The van der Waals surface area contributed by atoms with E-state index in [1.807, 2.05) is 0 Å². The zero-order chi connectivity index (χ0) is 28.3. The number of hydrogen-bond acceptors (Lipinski definition) is 0. The van der Waals surface area contributed by atoms with Crippen LogP contribution in [0.15, 0.2) is 97.1 Å². The maximum atomic E-state index is 2.43. The number of hydrogen-bond donors (Lipinski definition) is 0. The van der Waals surface area contributed by atoms with Gasteiger partial charge < -0.3 is 0 Å². The van der Waals surface area contributed by atoms with Crippen molar-refractivity contribution in [2.45, 2.75) is 109 Å². The zero-order valence-electron chi connectivity index (χ0n) is 25.6. The van der Waals surface area contributed by atoms with Gasteiger partial charge >= 0.3 is 0 Å². The lowest BCUT2D eigenvalue weighted by atomic mass is 9.67. The van der Waals surface area contributed by atoms with Gasteiger partial charge in [0.15, 0.2) is 0 Å². The molecule has 0 radical (unpaired) electrons. The van der Waals surface area contributed by atoms with Crippen LogP contribution in [0.4, 0.5) is 0 Å². The van der Waals surface area contributed by atoms with Gasteiger partial charge in [-0.15, -0.1) is 0 Å². The normalized spacial score (nSPS) is 13.2. The minimum Gasteiger partial charge on any atom is -0.0654 e. The van der Waals surface area contributed by atoms with E-state index in [0.717, 1.165) is 0 Å². The van der Waals surface area contributed by atoms with Crippen LogP contribution >= 0.6 is 0 Å². The summed E-state index contributed by atoms with van der Waals surface area (Å²) in [5.74, 6) is 0. The summed E-state index contributed by atoms with van der Waals surface area (Å²) in [5, 5.41) is 0. The Hall–Kier alpha value is -3.12. The van der Waals surface area contributed by atoms with Crippen molar-refractivity contribution in [3.63, 3.8) is 0 Å². The Labute approximate surface area is 250 Å². The van der Waals surface area contributed by atoms with Gasteiger partial charge in [-0.05, 0) is 70.2 Å². The van der Waals surface area contributed by atoms with Crippen LogP contribution < -0.4 is 0 Å². The highest BCUT2D eigenvalue weighted by atomic mass is 14.5. The lowest BCUT2D eigenvalue weighted by molar-refractivity contribution is 0.607. The van der Waals surface area contributed by atoms with Crippen LogP contribution in [0.25, 0.3) is 11.1 Å². The third-order valence-electron chi connectivity index (χ3n) is 9.36. The lowest BCUT2D eigenvalue weighted by Crippen LogP contribution is -2.28. The molecule has 0 bridgehead atoms. The molecular weight excluding hydrogens is 492 g/mol. The molecule has 0 N–H and O–H groups in total. The molecule has 0 fully saturated rings. The van der Waals surface area contributed by atoms with E-state index in [-0.39, 0.29) is 5.41 Å². The summed E-state index contributed by atoms with van der Waals surface area (Å²) in [6.07, 6.45) is 18.5. The summed E-state index contributed by atoms with van der Waals surface area (Å²) in [6.45, 7) is 4.58. The summed E-state index contributed by atoms with van der Waals surface area (Å²) in [6, 6.07) is 37.5. The molecule has 0 unspecified atom stereocenters. The third-order valence-corrected chi connectivity index (χ3v) is 9.36. The second-order valence-electron chi connectivity index (χ2n) is 12.3. The summed E-state index contributed by atoms with van der Waals surface area (Å²) >= 11 is 0. The third kappa shape index (κ3) is 6.53. The first-order valence-electron chi connectivity index (χ1n) is 16.7. The quantitative estimate of drug-likeness (QED) is 0.109. The number of rotatable bonds is 16. The van der Waals surface area contributed by atoms with Gasteiger partial charge in [-0.2, -0.15) is 0 Å². The van der Waals surface area contributed by atoms with Crippen molar-refractivity contribution in [2.75, 3.05) is 0 Å². The zero-order valence-corrected chi connectivity index (χ0v) is 25.6. The molecule has 4 aromatic carbocycles. The van der Waals surface area contributed by atoms with E-state index in [9.17, 15) is 0 Å². The minimum atomic E-state index is -0.287. The molecule has 214 valence electrons. The second-order valence-corrected chi connectivity index (χ2v) is 12.3. The van der Waals surface area contributed by atoms with Crippen LogP contribution in [0.5, 0.6) is 0 Å². The van der Waals surface area contributed by atoms with Gasteiger partial charge in [0.1, 0.15) is 0 Å². The van der Waals surface area contributed by atoms with Crippen LogP contribution in [0.2, 0.25) is 0 Å². The average Bonchev–Trinajstić information content (AvgIpc) is 3.32. The van der Waals surface area contributed by atoms with Crippen molar-refractivity contribution >= 4 is 0 Å². The summed E-state index contributed by atoms with van der Waals surface area (Å²) in [4.78, 5) is 0. The summed E-state index contributed by atoms with van der Waals surface area (Å²) < 4.78 is 0. The number of benzene rings is 4. The fourth-order valence-corrected chi connectivity index (χ4v) is 7.09. The van der Waals surface area contributed by atoms with E-state index in [4.69, 9.17) is 0 Å². The molecule has 0 saturated carbocycles. The van der Waals surface area contributed by atoms with Crippen molar-refractivity contribution in [3.8, 4) is 11.1 Å². The molecular formula is C41H50. The Kier molecular flexibility index (Phi) is 10.5. The first-order chi connectivity index (χ1) is 20.3. The number of aryl methyl sites for hydroxylation is 2. The van der Waals surface area contributed by atoms with E-state index < -0.39 is 0 Å². The first kappa shape index (κ1) is 29.4. The van der Waals surface area contributed by atoms with Gasteiger partial charge in [0.2, 0.25) is 0 Å². The topological polar surface area (TPSA) is 0 Å². The molecule has 0 heterocycles. The Morgan fingerprint density at radius 1 is 0.390 bits per heavy atom. The number of fused-ring (bicyclic) bond motifs is 3. The SMILES string of the molecule is CCCCCCCCc1ccc(C2(c3ccc(CCCCCCCC)cc3)c3ccccc3-c3ccccc32)cc1. The van der Waals surface area contributed by atoms with E-state index in [1.54, 1.807) is 0 Å². The first-order valence-corrected chi connectivity index (χ1v) is 16.7.